The number of carbonyl (C=O) groups is 1. The zero-order chi connectivity index (χ0) is 15.1. The minimum atomic E-state index is 0.0712. The minimum Gasteiger partial charge on any atom is -0.460 e. The summed E-state index contributed by atoms with van der Waals surface area (Å²) in [5.41, 5.74) is 1.07. The molecule has 4 nitrogen and oxygen atoms in total. The molecule has 0 spiro atoms. The molecule has 0 atom stereocenters. The smallest absolute Gasteiger partial charge is 0.221 e. The summed E-state index contributed by atoms with van der Waals surface area (Å²) in [4.78, 5) is 11.5. The Morgan fingerprint density at radius 2 is 1.90 bits per heavy atom. The number of benzene rings is 1. The molecule has 1 aromatic carbocycles. The normalized spacial score (nSPS) is 10.8. The molecule has 0 aliphatic carbocycles. The van der Waals surface area contributed by atoms with Gasteiger partial charge in [-0.05, 0) is 26.0 Å². The summed E-state index contributed by atoms with van der Waals surface area (Å²) >= 11 is 0. The third-order valence-corrected chi connectivity index (χ3v) is 3.00. The quantitative estimate of drug-likeness (QED) is 0.769. The van der Waals surface area contributed by atoms with E-state index in [4.69, 9.17) is 4.42 Å². The Bertz CT molecular complexity index is 561. The van der Waals surface area contributed by atoms with Gasteiger partial charge in [-0.15, -0.1) is 0 Å². The molecule has 4 heteroatoms. The molecule has 0 saturated carbocycles. The molecule has 0 unspecified atom stereocenters. The first-order valence-electron chi connectivity index (χ1n) is 7.29. The molecule has 0 aliphatic heterocycles. The lowest BCUT2D eigenvalue weighted by atomic mass is 10.2. The van der Waals surface area contributed by atoms with Crippen LogP contribution in [0, 0.1) is 0 Å². The van der Waals surface area contributed by atoms with Crippen LogP contribution in [0.25, 0.3) is 11.3 Å². The maximum Gasteiger partial charge on any atom is 0.221 e. The van der Waals surface area contributed by atoms with Crippen molar-refractivity contribution in [1.82, 2.24) is 10.6 Å². The highest BCUT2D eigenvalue weighted by Crippen LogP contribution is 2.21. The van der Waals surface area contributed by atoms with Gasteiger partial charge in [-0.2, -0.15) is 0 Å². The van der Waals surface area contributed by atoms with Crippen molar-refractivity contribution < 1.29 is 9.21 Å². The number of carbonyl (C=O) groups excluding carboxylic acids is 1. The van der Waals surface area contributed by atoms with Gasteiger partial charge in [-0.1, -0.05) is 30.3 Å². The van der Waals surface area contributed by atoms with Crippen LogP contribution in [-0.2, 0) is 11.3 Å². The number of nitrogens with one attached hydrogen (secondary N) is 2. The van der Waals surface area contributed by atoms with E-state index >= 15 is 0 Å². The van der Waals surface area contributed by atoms with Crippen molar-refractivity contribution in [1.29, 1.82) is 0 Å². The fourth-order valence-corrected chi connectivity index (χ4v) is 2.04. The fraction of sp³-hybridized carbons (Fsp3) is 0.353. The van der Waals surface area contributed by atoms with Crippen LogP contribution in [0.5, 0.6) is 0 Å². The minimum absolute atomic E-state index is 0.0712. The Balaban J connectivity index is 1.75. The second-order valence-corrected chi connectivity index (χ2v) is 5.28. The number of furan rings is 1. The average molecular weight is 286 g/mol. The Kier molecular flexibility index (Phi) is 5.58. The monoisotopic (exact) mass is 286 g/mol. The lowest BCUT2D eigenvalue weighted by Gasteiger charge is -2.08. The van der Waals surface area contributed by atoms with Crippen molar-refractivity contribution in [2.45, 2.75) is 32.9 Å². The Hall–Kier alpha value is -2.07. The fourth-order valence-electron chi connectivity index (χ4n) is 2.04. The summed E-state index contributed by atoms with van der Waals surface area (Å²) in [6.45, 7) is 5.18. The van der Waals surface area contributed by atoms with E-state index < -0.39 is 0 Å². The predicted octanol–water partition coefficient (Wildman–Crippen LogP) is 2.95. The van der Waals surface area contributed by atoms with Gasteiger partial charge in [-0.3, -0.25) is 4.79 Å². The summed E-state index contributed by atoms with van der Waals surface area (Å²) in [5.74, 6) is 1.81. The molecule has 1 aromatic heterocycles. The summed E-state index contributed by atoms with van der Waals surface area (Å²) in [5, 5.41) is 6.08. The Morgan fingerprint density at radius 1 is 1.14 bits per heavy atom. The van der Waals surface area contributed by atoms with Crippen LogP contribution in [0.2, 0.25) is 0 Å². The standard InChI is InChI=1S/C17H22N2O2/c1-13(2)19-17(20)10-11-18-12-15-8-9-16(21-15)14-6-4-3-5-7-14/h3-9,13,18H,10-12H2,1-2H3,(H,19,20). The summed E-state index contributed by atoms with van der Waals surface area (Å²) in [6.07, 6.45) is 0.477. The lowest BCUT2D eigenvalue weighted by molar-refractivity contribution is -0.121. The van der Waals surface area contributed by atoms with Crippen molar-refractivity contribution in [3.8, 4) is 11.3 Å². The number of hydrogen-bond acceptors (Lipinski definition) is 3. The van der Waals surface area contributed by atoms with Gasteiger partial charge in [0.25, 0.3) is 0 Å². The maximum atomic E-state index is 11.5. The first kappa shape index (κ1) is 15.3. The highest BCUT2D eigenvalue weighted by atomic mass is 16.3. The van der Waals surface area contributed by atoms with Gasteiger partial charge < -0.3 is 15.1 Å². The van der Waals surface area contributed by atoms with Gasteiger partial charge in [0.05, 0.1) is 6.54 Å². The molecule has 1 heterocycles. The molecule has 0 saturated heterocycles. The molecule has 2 rings (SSSR count). The molecule has 112 valence electrons. The van der Waals surface area contributed by atoms with Gasteiger partial charge in [0, 0.05) is 24.6 Å². The Morgan fingerprint density at radius 3 is 2.62 bits per heavy atom. The molecular weight excluding hydrogens is 264 g/mol. The molecule has 21 heavy (non-hydrogen) atoms. The second-order valence-electron chi connectivity index (χ2n) is 5.28. The van der Waals surface area contributed by atoms with Crippen molar-refractivity contribution in [2.75, 3.05) is 6.54 Å². The summed E-state index contributed by atoms with van der Waals surface area (Å²) in [7, 11) is 0. The molecule has 0 aliphatic rings. The van der Waals surface area contributed by atoms with E-state index in [0.717, 1.165) is 17.1 Å². The SMILES string of the molecule is CC(C)NC(=O)CCNCc1ccc(-c2ccccc2)o1. The van der Waals surface area contributed by atoms with Crippen LogP contribution < -0.4 is 10.6 Å². The average Bonchev–Trinajstić information content (AvgIpc) is 2.93. The molecule has 2 N–H and O–H groups in total. The van der Waals surface area contributed by atoms with Crippen molar-refractivity contribution in [3.05, 3.63) is 48.2 Å². The zero-order valence-electron chi connectivity index (χ0n) is 12.6. The van der Waals surface area contributed by atoms with E-state index in [1.54, 1.807) is 0 Å². The predicted molar refractivity (Wildman–Crippen MR) is 83.7 cm³/mol. The van der Waals surface area contributed by atoms with Gasteiger partial charge in [0.2, 0.25) is 5.91 Å². The van der Waals surface area contributed by atoms with Crippen LogP contribution in [0.1, 0.15) is 26.0 Å². The van der Waals surface area contributed by atoms with Gasteiger partial charge in [-0.25, -0.2) is 0 Å². The number of hydrogen-bond donors (Lipinski definition) is 2. The van der Waals surface area contributed by atoms with E-state index in [2.05, 4.69) is 10.6 Å². The molecule has 0 bridgehead atoms. The maximum absolute atomic E-state index is 11.5. The third kappa shape index (κ3) is 5.08. The second kappa shape index (κ2) is 7.64. The van der Waals surface area contributed by atoms with Crippen LogP contribution >= 0.6 is 0 Å². The number of amides is 1. The lowest BCUT2D eigenvalue weighted by Crippen LogP contribution is -2.32. The number of rotatable bonds is 7. The first-order chi connectivity index (χ1) is 10.1. The van der Waals surface area contributed by atoms with E-state index in [1.165, 1.54) is 0 Å². The van der Waals surface area contributed by atoms with Crippen molar-refractivity contribution >= 4 is 5.91 Å². The van der Waals surface area contributed by atoms with Crippen molar-refractivity contribution in [3.63, 3.8) is 0 Å². The topological polar surface area (TPSA) is 54.3 Å². The molecular formula is C17H22N2O2. The van der Waals surface area contributed by atoms with Crippen LogP contribution in [0.4, 0.5) is 0 Å². The zero-order valence-corrected chi connectivity index (χ0v) is 12.6. The van der Waals surface area contributed by atoms with Gasteiger partial charge in [0.15, 0.2) is 0 Å². The van der Waals surface area contributed by atoms with E-state index in [0.29, 0.717) is 19.5 Å². The van der Waals surface area contributed by atoms with Crippen LogP contribution in [-0.4, -0.2) is 18.5 Å². The van der Waals surface area contributed by atoms with Crippen LogP contribution in [0.15, 0.2) is 46.9 Å². The highest BCUT2D eigenvalue weighted by molar-refractivity contribution is 5.76. The third-order valence-electron chi connectivity index (χ3n) is 3.00. The summed E-state index contributed by atoms with van der Waals surface area (Å²) in [6, 6.07) is 14.1. The van der Waals surface area contributed by atoms with E-state index in [9.17, 15) is 4.79 Å². The first-order valence-corrected chi connectivity index (χ1v) is 7.29. The van der Waals surface area contributed by atoms with Gasteiger partial charge >= 0.3 is 0 Å². The summed E-state index contributed by atoms with van der Waals surface area (Å²) < 4.78 is 5.78. The molecule has 1 amide bonds. The molecule has 2 aromatic rings. The van der Waals surface area contributed by atoms with Crippen LogP contribution in [0.3, 0.4) is 0 Å². The highest BCUT2D eigenvalue weighted by Gasteiger charge is 2.05. The Labute approximate surface area is 125 Å². The molecule has 0 fully saturated rings. The van der Waals surface area contributed by atoms with E-state index in [-0.39, 0.29) is 11.9 Å². The van der Waals surface area contributed by atoms with Gasteiger partial charge in [0.1, 0.15) is 11.5 Å². The molecule has 0 radical (unpaired) electrons. The van der Waals surface area contributed by atoms with Crippen molar-refractivity contribution in [2.24, 2.45) is 0 Å². The largest absolute Gasteiger partial charge is 0.460 e. The van der Waals surface area contributed by atoms with E-state index in [1.807, 2.05) is 56.3 Å².